The number of benzene rings is 1. The van der Waals surface area contributed by atoms with Crippen molar-refractivity contribution in [2.75, 3.05) is 52.5 Å². The van der Waals surface area contributed by atoms with Gasteiger partial charge in [-0.15, -0.1) is 0 Å². The Morgan fingerprint density at radius 1 is 1.08 bits per heavy atom. The van der Waals surface area contributed by atoms with Gasteiger partial charge in [-0.2, -0.15) is 0 Å². The zero-order valence-electron chi connectivity index (χ0n) is 15.1. The largest absolute Gasteiger partial charge is 0.497 e. The zero-order valence-corrected chi connectivity index (χ0v) is 15.1. The molecule has 2 heterocycles. The normalized spacial score (nSPS) is 13.9. The summed E-state index contributed by atoms with van der Waals surface area (Å²) in [6.45, 7) is 2.85. The Morgan fingerprint density at radius 3 is 2.56 bits per heavy atom. The Morgan fingerprint density at radius 2 is 1.84 bits per heavy atom. The number of ether oxygens (including phenoxy) is 3. The van der Waals surface area contributed by atoms with E-state index in [2.05, 4.69) is 4.90 Å². The second-order valence-corrected chi connectivity index (χ2v) is 6.05. The predicted octanol–water partition coefficient (Wildman–Crippen LogP) is 2.35. The number of fused-ring (bicyclic) bond motifs is 1. The quantitative estimate of drug-likeness (QED) is 0.802. The van der Waals surface area contributed by atoms with Crippen LogP contribution in [-0.4, -0.2) is 57.6 Å². The highest BCUT2D eigenvalue weighted by atomic mass is 16.5. The van der Waals surface area contributed by atoms with E-state index in [1.54, 1.807) is 14.2 Å². The second kappa shape index (κ2) is 8.27. The summed E-state index contributed by atoms with van der Waals surface area (Å²) in [7, 11) is 5.42. The van der Waals surface area contributed by atoms with Crippen LogP contribution in [0.2, 0.25) is 0 Å². The number of aromatic nitrogens is 2. The van der Waals surface area contributed by atoms with E-state index in [1.165, 1.54) is 5.56 Å². The molecule has 0 fully saturated rings. The number of nitrogens with zero attached hydrogens (tertiary/aromatic N) is 3. The number of methoxy groups -OCH3 is 2. The Hall–Kier alpha value is -2.18. The monoisotopic (exact) mass is 343 g/mol. The molecule has 6 heteroatoms. The molecule has 0 atom stereocenters. The molecule has 0 bridgehead atoms. The molecule has 3 rings (SSSR count). The molecule has 6 nitrogen and oxygen atoms in total. The summed E-state index contributed by atoms with van der Waals surface area (Å²) >= 11 is 0. The number of likely N-dealkylation sites (N-methyl/N-ethyl adjacent to an activating group) is 1. The lowest BCUT2D eigenvalue weighted by atomic mass is 10.1. The fourth-order valence-electron chi connectivity index (χ4n) is 2.94. The summed E-state index contributed by atoms with van der Waals surface area (Å²) in [4.78, 5) is 11.8. The molecular formula is C19H25N3O3. The van der Waals surface area contributed by atoms with Crippen LogP contribution in [-0.2, 0) is 22.3 Å². The first-order valence-electron chi connectivity index (χ1n) is 8.55. The molecule has 0 saturated carbocycles. The maximum absolute atomic E-state index is 5.64. The zero-order chi connectivity index (χ0) is 17.6. The molecule has 134 valence electrons. The molecule has 0 radical (unpaired) electrons. The molecule has 0 N–H and O–H groups in total. The predicted molar refractivity (Wildman–Crippen MR) is 97.4 cm³/mol. The lowest BCUT2D eigenvalue weighted by Gasteiger charge is -2.22. The van der Waals surface area contributed by atoms with Crippen LogP contribution in [0.25, 0.3) is 11.4 Å². The van der Waals surface area contributed by atoms with Crippen molar-refractivity contribution >= 4 is 5.82 Å². The minimum atomic E-state index is 0.656. The van der Waals surface area contributed by atoms with E-state index in [1.807, 2.05) is 31.3 Å². The summed E-state index contributed by atoms with van der Waals surface area (Å²) in [5.41, 5.74) is 3.25. The van der Waals surface area contributed by atoms with Crippen LogP contribution in [0.15, 0.2) is 24.3 Å². The number of rotatable bonds is 6. The van der Waals surface area contributed by atoms with Gasteiger partial charge in [0.15, 0.2) is 5.82 Å². The van der Waals surface area contributed by atoms with Crippen molar-refractivity contribution in [3.8, 4) is 17.1 Å². The average Bonchev–Trinajstić information content (AvgIpc) is 2.90. The van der Waals surface area contributed by atoms with E-state index in [-0.39, 0.29) is 0 Å². The number of anilines is 1. The fourth-order valence-corrected chi connectivity index (χ4v) is 2.94. The van der Waals surface area contributed by atoms with Crippen LogP contribution in [0.3, 0.4) is 0 Å². The Labute approximate surface area is 148 Å². The molecule has 0 amide bonds. The van der Waals surface area contributed by atoms with Crippen molar-refractivity contribution in [3.63, 3.8) is 0 Å². The van der Waals surface area contributed by atoms with Gasteiger partial charge in [0, 0.05) is 44.7 Å². The summed E-state index contributed by atoms with van der Waals surface area (Å²) < 4.78 is 16.1. The molecule has 2 aromatic rings. The van der Waals surface area contributed by atoms with E-state index < -0.39 is 0 Å². The maximum Gasteiger partial charge on any atom is 0.161 e. The van der Waals surface area contributed by atoms with Crippen molar-refractivity contribution in [1.29, 1.82) is 0 Å². The van der Waals surface area contributed by atoms with E-state index in [0.29, 0.717) is 19.8 Å². The van der Waals surface area contributed by atoms with Gasteiger partial charge in [-0.1, -0.05) is 0 Å². The molecule has 0 aliphatic carbocycles. The molecule has 1 aliphatic heterocycles. The van der Waals surface area contributed by atoms with Gasteiger partial charge in [0.25, 0.3) is 0 Å². The van der Waals surface area contributed by atoms with Crippen LogP contribution in [0.5, 0.6) is 5.75 Å². The number of hydrogen-bond donors (Lipinski definition) is 0. The van der Waals surface area contributed by atoms with Gasteiger partial charge in [-0.05, 0) is 24.3 Å². The standard InChI is InChI=1S/C19H25N3O3/c1-22(10-13-23-2)19-16-8-11-25-12-9-17(16)20-18(21-19)14-4-6-15(24-3)7-5-14/h4-7H,8-13H2,1-3H3. The van der Waals surface area contributed by atoms with Crippen molar-refractivity contribution in [2.24, 2.45) is 0 Å². The third-order valence-electron chi connectivity index (χ3n) is 4.39. The smallest absolute Gasteiger partial charge is 0.161 e. The SMILES string of the molecule is COCCN(C)c1nc(-c2ccc(OC)cc2)nc2c1CCOCC2. The van der Waals surface area contributed by atoms with Gasteiger partial charge >= 0.3 is 0 Å². The van der Waals surface area contributed by atoms with E-state index >= 15 is 0 Å². The van der Waals surface area contributed by atoms with Crippen molar-refractivity contribution < 1.29 is 14.2 Å². The number of hydrogen-bond acceptors (Lipinski definition) is 6. The van der Waals surface area contributed by atoms with Crippen LogP contribution in [0, 0.1) is 0 Å². The average molecular weight is 343 g/mol. The van der Waals surface area contributed by atoms with Gasteiger partial charge < -0.3 is 19.1 Å². The lowest BCUT2D eigenvalue weighted by Crippen LogP contribution is -2.25. The van der Waals surface area contributed by atoms with Crippen molar-refractivity contribution in [2.45, 2.75) is 12.8 Å². The first-order chi connectivity index (χ1) is 12.2. The summed E-state index contributed by atoms with van der Waals surface area (Å²) in [6.07, 6.45) is 1.65. The van der Waals surface area contributed by atoms with Crippen molar-refractivity contribution in [3.05, 3.63) is 35.5 Å². The Bertz CT molecular complexity index is 704. The molecule has 1 aromatic carbocycles. The highest BCUT2D eigenvalue weighted by molar-refractivity contribution is 5.61. The van der Waals surface area contributed by atoms with Gasteiger partial charge in [-0.25, -0.2) is 9.97 Å². The maximum atomic E-state index is 5.64. The molecule has 0 unspecified atom stereocenters. The molecular weight excluding hydrogens is 318 g/mol. The Balaban J connectivity index is 2.02. The Kier molecular flexibility index (Phi) is 5.83. The van der Waals surface area contributed by atoms with Crippen LogP contribution in [0.1, 0.15) is 11.3 Å². The van der Waals surface area contributed by atoms with Gasteiger partial charge in [0.1, 0.15) is 11.6 Å². The van der Waals surface area contributed by atoms with E-state index in [4.69, 9.17) is 24.2 Å². The van der Waals surface area contributed by atoms with E-state index in [0.717, 1.165) is 48.0 Å². The summed E-state index contributed by atoms with van der Waals surface area (Å²) in [6, 6.07) is 7.85. The molecule has 25 heavy (non-hydrogen) atoms. The molecule has 1 aliphatic rings. The summed E-state index contributed by atoms with van der Waals surface area (Å²) in [5, 5.41) is 0. The summed E-state index contributed by atoms with van der Waals surface area (Å²) in [5.74, 6) is 2.53. The molecule has 1 aromatic heterocycles. The van der Waals surface area contributed by atoms with E-state index in [9.17, 15) is 0 Å². The minimum absolute atomic E-state index is 0.656. The molecule has 0 saturated heterocycles. The van der Waals surface area contributed by atoms with Crippen LogP contribution < -0.4 is 9.64 Å². The fraction of sp³-hybridized carbons (Fsp3) is 0.474. The van der Waals surface area contributed by atoms with Crippen LogP contribution in [0.4, 0.5) is 5.82 Å². The molecule has 0 spiro atoms. The highest BCUT2D eigenvalue weighted by Crippen LogP contribution is 2.28. The second-order valence-electron chi connectivity index (χ2n) is 6.05. The van der Waals surface area contributed by atoms with Crippen LogP contribution >= 0.6 is 0 Å². The minimum Gasteiger partial charge on any atom is -0.497 e. The third-order valence-corrected chi connectivity index (χ3v) is 4.39. The highest BCUT2D eigenvalue weighted by Gasteiger charge is 2.20. The van der Waals surface area contributed by atoms with Gasteiger partial charge in [0.2, 0.25) is 0 Å². The topological polar surface area (TPSA) is 56.7 Å². The first kappa shape index (κ1) is 17.6. The third kappa shape index (κ3) is 4.08. The van der Waals surface area contributed by atoms with Gasteiger partial charge in [0.05, 0.1) is 32.6 Å². The first-order valence-corrected chi connectivity index (χ1v) is 8.55. The van der Waals surface area contributed by atoms with Gasteiger partial charge in [-0.3, -0.25) is 0 Å². The lowest BCUT2D eigenvalue weighted by molar-refractivity contribution is 0.146. The van der Waals surface area contributed by atoms with Crippen molar-refractivity contribution in [1.82, 2.24) is 9.97 Å².